The Balaban J connectivity index is 1.65. The number of piperidine rings is 1. The monoisotopic (exact) mass is 246 g/mol. The summed E-state index contributed by atoms with van der Waals surface area (Å²) < 4.78 is 0. The molecule has 1 saturated carbocycles. The van der Waals surface area contributed by atoms with Crippen LogP contribution in [0.5, 0.6) is 0 Å². The molecule has 0 radical (unpaired) electrons. The molecule has 1 amide bonds. The fourth-order valence-corrected chi connectivity index (χ4v) is 2.23. The summed E-state index contributed by atoms with van der Waals surface area (Å²) >= 11 is 0. The van der Waals surface area contributed by atoms with Crippen LogP contribution in [0.4, 0.5) is 5.82 Å². The minimum Gasteiger partial charge on any atom is -0.355 e. The first-order chi connectivity index (χ1) is 8.83. The number of nitrogens with zero attached hydrogens (tertiary/aromatic N) is 3. The van der Waals surface area contributed by atoms with Gasteiger partial charge in [0.05, 0.1) is 0 Å². The van der Waals surface area contributed by atoms with Crippen LogP contribution in [0.2, 0.25) is 0 Å². The average Bonchev–Trinajstić information content (AvgIpc) is 3.24. The van der Waals surface area contributed by atoms with Crippen molar-refractivity contribution in [2.45, 2.75) is 38.1 Å². The SMILES string of the molecule is O=C(NC1CC1)c1ccc(N2CCCCC2)nn1. The summed E-state index contributed by atoms with van der Waals surface area (Å²) in [6.07, 6.45) is 5.90. The Morgan fingerprint density at radius 2 is 1.94 bits per heavy atom. The zero-order valence-electron chi connectivity index (χ0n) is 10.4. The standard InChI is InChI=1S/C13H18N4O/c18-13(14-10-4-5-10)11-6-7-12(16-15-11)17-8-2-1-3-9-17/h6-7,10H,1-5,8-9H2,(H,14,18). The number of anilines is 1. The van der Waals surface area contributed by atoms with Crippen LogP contribution in [0, 0.1) is 0 Å². The van der Waals surface area contributed by atoms with Crippen molar-refractivity contribution in [2.75, 3.05) is 18.0 Å². The third-order valence-electron chi connectivity index (χ3n) is 3.48. The Kier molecular flexibility index (Phi) is 3.13. The molecule has 1 aromatic rings. The Labute approximate surface area is 107 Å². The topological polar surface area (TPSA) is 58.1 Å². The largest absolute Gasteiger partial charge is 0.355 e. The van der Waals surface area contributed by atoms with Crippen molar-refractivity contribution in [3.8, 4) is 0 Å². The van der Waals surface area contributed by atoms with Crippen LogP contribution < -0.4 is 10.2 Å². The molecule has 18 heavy (non-hydrogen) atoms. The molecule has 2 aliphatic rings. The molecule has 2 fully saturated rings. The highest BCUT2D eigenvalue weighted by Crippen LogP contribution is 2.19. The molecule has 5 nitrogen and oxygen atoms in total. The molecule has 1 aromatic heterocycles. The first kappa shape index (κ1) is 11.4. The lowest BCUT2D eigenvalue weighted by molar-refractivity contribution is 0.0945. The van der Waals surface area contributed by atoms with Crippen molar-refractivity contribution < 1.29 is 4.79 Å². The van der Waals surface area contributed by atoms with Crippen LogP contribution in [0.3, 0.4) is 0 Å². The number of hydrogen-bond acceptors (Lipinski definition) is 4. The summed E-state index contributed by atoms with van der Waals surface area (Å²) in [4.78, 5) is 14.0. The first-order valence-corrected chi connectivity index (χ1v) is 6.72. The molecular formula is C13H18N4O. The van der Waals surface area contributed by atoms with Gasteiger partial charge < -0.3 is 10.2 Å². The lowest BCUT2D eigenvalue weighted by Gasteiger charge is -2.27. The second-order valence-corrected chi connectivity index (χ2v) is 5.07. The second kappa shape index (κ2) is 4.92. The van der Waals surface area contributed by atoms with Crippen molar-refractivity contribution in [3.05, 3.63) is 17.8 Å². The van der Waals surface area contributed by atoms with Crippen molar-refractivity contribution in [1.29, 1.82) is 0 Å². The van der Waals surface area contributed by atoms with Gasteiger partial charge in [-0.05, 0) is 44.2 Å². The molecular weight excluding hydrogens is 228 g/mol. The van der Waals surface area contributed by atoms with Crippen LogP contribution >= 0.6 is 0 Å². The number of carbonyl (C=O) groups is 1. The average molecular weight is 246 g/mol. The van der Waals surface area contributed by atoms with E-state index in [1.54, 1.807) is 6.07 Å². The fourth-order valence-electron chi connectivity index (χ4n) is 2.23. The molecule has 0 unspecified atom stereocenters. The number of rotatable bonds is 3. The van der Waals surface area contributed by atoms with E-state index in [1.165, 1.54) is 19.3 Å². The van der Waals surface area contributed by atoms with E-state index < -0.39 is 0 Å². The summed E-state index contributed by atoms with van der Waals surface area (Å²) in [5.74, 6) is 0.785. The normalized spacial score (nSPS) is 19.7. The molecule has 0 spiro atoms. The maximum atomic E-state index is 11.8. The number of aromatic nitrogens is 2. The number of nitrogens with one attached hydrogen (secondary N) is 1. The molecule has 1 aliphatic carbocycles. The molecule has 3 rings (SSSR count). The molecule has 2 heterocycles. The maximum Gasteiger partial charge on any atom is 0.272 e. The fraction of sp³-hybridized carbons (Fsp3) is 0.615. The quantitative estimate of drug-likeness (QED) is 0.875. The first-order valence-electron chi connectivity index (χ1n) is 6.72. The van der Waals surface area contributed by atoms with Crippen LogP contribution in [0.25, 0.3) is 0 Å². The van der Waals surface area contributed by atoms with E-state index in [0.717, 1.165) is 31.7 Å². The summed E-state index contributed by atoms with van der Waals surface area (Å²) in [6.45, 7) is 2.09. The second-order valence-electron chi connectivity index (χ2n) is 5.07. The predicted octanol–water partition coefficient (Wildman–Crippen LogP) is 1.36. The lowest BCUT2D eigenvalue weighted by atomic mass is 10.1. The number of carbonyl (C=O) groups excluding carboxylic acids is 1. The van der Waals surface area contributed by atoms with Crippen molar-refractivity contribution in [3.63, 3.8) is 0 Å². The van der Waals surface area contributed by atoms with Crippen LogP contribution in [0.1, 0.15) is 42.6 Å². The summed E-state index contributed by atoms with van der Waals surface area (Å²) in [5, 5.41) is 11.1. The van der Waals surface area contributed by atoms with Crippen LogP contribution in [0.15, 0.2) is 12.1 Å². The number of hydrogen-bond donors (Lipinski definition) is 1. The third-order valence-corrected chi connectivity index (χ3v) is 3.48. The Morgan fingerprint density at radius 1 is 1.17 bits per heavy atom. The maximum absolute atomic E-state index is 11.8. The van der Waals surface area contributed by atoms with Gasteiger partial charge in [-0.25, -0.2) is 0 Å². The minimum atomic E-state index is -0.102. The van der Waals surface area contributed by atoms with Gasteiger partial charge in [0.15, 0.2) is 11.5 Å². The molecule has 0 atom stereocenters. The highest BCUT2D eigenvalue weighted by molar-refractivity contribution is 5.92. The van der Waals surface area contributed by atoms with Crippen LogP contribution in [-0.4, -0.2) is 35.2 Å². The van der Waals surface area contributed by atoms with E-state index in [0.29, 0.717) is 11.7 Å². The van der Waals surface area contributed by atoms with E-state index in [9.17, 15) is 4.79 Å². The van der Waals surface area contributed by atoms with E-state index in [2.05, 4.69) is 20.4 Å². The molecule has 5 heteroatoms. The van der Waals surface area contributed by atoms with Crippen molar-refractivity contribution in [1.82, 2.24) is 15.5 Å². The van der Waals surface area contributed by atoms with Gasteiger partial charge in [-0.2, -0.15) is 0 Å². The molecule has 0 aromatic carbocycles. The molecule has 1 aliphatic heterocycles. The van der Waals surface area contributed by atoms with E-state index >= 15 is 0 Å². The van der Waals surface area contributed by atoms with Gasteiger partial charge in [0.25, 0.3) is 5.91 Å². The molecule has 1 saturated heterocycles. The van der Waals surface area contributed by atoms with Crippen molar-refractivity contribution in [2.24, 2.45) is 0 Å². The predicted molar refractivity (Wildman–Crippen MR) is 68.6 cm³/mol. The third kappa shape index (κ3) is 2.60. The van der Waals surface area contributed by atoms with Gasteiger partial charge in [-0.1, -0.05) is 0 Å². The van der Waals surface area contributed by atoms with Crippen molar-refractivity contribution >= 4 is 11.7 Å². The van der Waals surface area contributed by atoms with Gasteiger partial charge in [-0.3, -0.25) is 4.79 Å². The van der Waals surface area contributed by atoms with E-state index in [4.69, 9.17) is 0 Å². The Bertz CT molecular complexity index is 421. The van der Waals surface area contributed by atoms with Crippen LogP contribution in [-0.2, 0) is 0 Å². The van der Waals surface area contributed by atoms with E-state index in [1.807, 2.05) is 6.07 Å². The van der Waals surface area contributed by atoms with Gasteiger partial charge in [-0.15, -0.1) is 10.2 Å². The Hall–Kier alpha value is -1.65. The van der Waals surface area contributed by atoms with Gasteiger partial charge in [0.1, 0.15) is 0 Å². The minimum absolute atomic E-state index is 0.102. The van der Waals surface area contributed by atoms with Gasteiger partial charge >= 0.3 is 0 Å². The smallest absolute Gasteiger partial charge is 0.272 e. The summed E-state index contributed by atoms with van der Waals surface area (Å²) in [5.41, 5.74) is 0.419. The lowest BCUT2D eigenvalue weighted by Crippen LogP contribution is -2.31. The highest BCUT2D eigenvalue weighted by atomic mass is 16.2. The Morgan fingerprint density at radius 3 is 2.56 bits per heavy atom. The number of amides is 1. The summed E-state index contributed by atoms with van der Waals surface area (Å²) in [7, 11) is 0. The van der Waals surface area contributed by atoms with Gasteiger partial charge in [0.2, 0.25) is 0 Å². The zero-order chi connectivity index (χ0) is 12.4. The van der Waals surface area contributed by atoms with E-state index in [-0.39, 0.29) is 5.91 Å². The van der Waals surface area contributed by atoms with Gasteiger partial charge in [0, 0.05) is 19.1 Å². The molecule has 0 bridgehead atoms. The zero-order valence-corrected chi connectivity index (χ0v) is 10.4. The highest BCUT2D eigenvalue weighted by Gasteiger charge is 2.24. The molecule has 96 valence electrons. The molecule has 1 N–H and O–H groups in total. The summed E-state index contributed by atoms with van der Waals surface area (Å²) in [6, 6.07) is 4.04.